The normalized spacial score (nSPS) is 14.7. The predicted octanol–water partition coefficient (Wildman–Crippen LogP) is 3.74. The Balaban J connectivity index is 1.66. The average molecular weight is 473 g/mol. The van der Waals surface area contributed by atoms with Crippen LogP contribution >= 0.6 is 11.3 Å². The molecule has 168 valence electrons. The molecule has 0 atom stereocenters. The van der Waals surface area contributed by atoms with Crippen molar-refractivity contribution >= 4 is 49.0 Å². The van der Waals surface area contributed by atoms with Crippen molar-refractivity contribution in [1.82, 2.24) is 4.98 Å². The standard InChI is InChI=1S/C23H24N2O5S2/c1-4-30-23(27)21-16-9-10-32(28,29)12-19(16)31-22(21)25-20(26)11-17-13(2)15-7-5-6-8-18(15)24-14(17)3/h5-8H,4,9-12H2,1-3H3,(H,25,26). The minimum atomic E-state index is -3.21. The summed E-state index contributed by atoms with van der Waals surface area (Å²) < 4.78 is 29.3. The third kappa shape index (κ3) is 4.27. The lowest BCUT2D eigenvalue weighted by atomic mass is 9.99. The molecule has 1 amide bonds. The van der Waals surface area contributed by atoms with Crippen molar-refractivity contribution in [2.24, 2.45) is 0 Å². The molecule has 4 rings (SSSR count). The second kappa shape index (κ2) is 8.63. The van der Waals surface area contributed by atoms with E-state index in [2.05, 4.69) is 10.3 Å². The van der Waals surface area contributed by atoms with E-state index >= 15 is 0 Å². The van der Waals surface area contributed by atoms with Crippen LogP contribution in [0.1, 0.15) is 44.5 Å². The highest BCUT2D eigenvalue weighted by Gasteiger charge is 2.32. The number of ether oxygens (including phenoxy) is 1. The SMILES string of the molecule is CCOC(=O)c1c(NC(=O)Cc2c(C)nc3ccccc3c2C)sc2c1CCS(=O)(=O)C2. The van der Waals surface area contributed by atoms with Crippen LogP contribution in [-0.4, -0.2) is 37.6 Å². The Hall–Kier alpha value is -2.78. The predicted molar refractivity (Wildman–Crippen MR) is 125 cm³/mol. The molecular weight excluding hydrogens is 448 g/mol. The highest BCUT2D eigenvalue weighted by Crippen LogP contribution is 2.38. The Morgan fingerprint density at radius 1 is 1.22 bits per heavy atom. The molecule has 3 aromatic rings. The van der Waals surface area contributed by atoms with Crippen LogP contribution in [0, 0.1) is 13.8 Å². The number of nitrogens with zero attached hydrogens (tertiary/aromatic N) is 1. The maximum absolute atomic E-state index is 13.0. The molecule has 1 aliphatic rings. The molecule has 0 spiro atoms. The van der Waals surface area contributed by atoms with Crippen molar-refractivity contribution < 1.29 is 22.7 Å². The van der Waals surface area contributed by atoms with Gasteiger partial charge in [-0.1, -0.05) is 18.2 Å². The van der Waals surface area contributed by atoms with Gasteiger partial charge in [0, 0.05) is 16.0 Å². The summed E-state index contributed by atoms with van der Waals surface area (Å²) in [5, 5.41) is 4.18. The lowest BCUT2D eigenvalue weighted by molar-refractivity contribution is -0.115. The number of aryl methyl sites for hydroxylation is 2. The van der Waals surface area contributed by atoms with Gasteiger partial charge < -0.3 is 10.1 Å². The molecule has 0 saturated heterocycles. The van der Waals surface area contributed by atoms with Crippen LogP contribution in [0.2, 0.25) is 0 Å². The van der Waals surface area contributed by atoms with E-state index in [-0.39, 0.29) is 42.4 Å². The van der Waals surface area contributed by atoms with E-state index in [0.717, 1.165) is 39.1 Å². The van der Waals surface area contributed by atoms with E-state index < -0.39 is 15.8 Å². The minimum Gasteiger partial charge on any atom is -0.462 e. The lowest BCUT2D eigenvalue weighted by Gasteiger charge is -2.14. The van der Waals surface area contributed by atoms with Gasteiger partial charge in [0.25, 0.3) is 0 Å². The number of anilines is 1. The number of nitrogens with one attached hydrogen (secondary N) is 1. The maximum Gasteiger partial charge on any atom is 0.341 e. The van der Waals surface area contributed by atoms with E-state index in [4.69, 9.17) is 4.74 Å². The zero-order chi connectivity index (χ0) is 23.0. The fourth-order valence-electron chi connectivity index (χ4n) is 4.09. The first kappa shape index (κ1) is 22.4. The number of pyridine rings is 1. The quantitative estimate of drug-likeness (QED) is 0.568. The van der Waals surface area contributed by atoms with Crippen LogP contribution in [0.15, 0.2) is 24.3 Å². The fourth-order valence-corrected chi connectivity index (χ4v) is 7.15. The summed E-state index contributed by atoms with van der Waals surface area (Å²) in [4.78, 5) is 30.8. The molecule has 0 saturated carbocycles. The monoisotopic (exact) mass is 472 g/mol. The highest BCUT2D eigenvalue weighted by molar-refractivity contribution is 7.90. The number of hydrogen-bond acceptors (Lipinski definition) is 7. The van der Waals surface area contributed by atoms with Crippen LogP contribution in [-0.2, 0) is 38.0 Å². The summed E-state index contributed by atoms with van der Waals surface area (Å²) in [6.45, 7) is 5.74. The number of para-hydroxylation sites is 1. The minimum absolute atomic E-state index is 0.0162. The van der Waals surface area contributed by atoms with Gasteiger partial charge in [0.2, 0.25) is 5.91 Å². The third-order valence-electron chi connectivity index (χ3n) is 5.66. The van der Waals surface area contributed by atoms with Crippen molar-refractivity contribution in [2.75, 3.05) is 17.7 Å². The van der Waals surface area contributed by atoms with E-state index in [1.807, 2.05) is 38.1 Å². The summed E-state index contributed by atoms with van der Waals surface area (Å²) in [6.07, 6.45) is 0.337. The molecule has 1 aliphatic heterocycles. The van der Waals surface area contributed by atoms with E-state index in [9.17, 15) is 18.0 Å². The topological polar surface area (TPSA) is 102 Å². The number of amides is 1. The first-order chi connectivity index (χ1) is 15.2. The summed E-state index contributed by atoms with van der Waals surface area (Å²) in [7, 11) is -3.21. The second-order valence-electron chi connectivity index (χ2n) is 7.81. The highest BCUT2D eigenvalue weighted by atomic mass is 32.2. The van der Waals surface area contributed by atoms with Gasteiger partial charge in [-0.15, -0.1) is 11.3 Å². The molecule has 3 heterocycles. The Morgan fingerprint density at radius 2 is 1.97 bits per heavy atom. The zero-order valence-corrected chi connectivity index (χ0v) is 19.8. The molecule has 0 unspecified atom stereocenters. The first-order valence-electron chi connectivity index (χ1n) is 10.4. The number of aromatic nitrogens is 1. The number of carbonyl (C=O) groups excluding carboxylic acids is 2. The van der Waals surface area contributed by atoms with Crippen LogP contribution in [0.4, 0.5) is 5.00 Å². The summed E-state index contributed by atoms with van der Waals surface area (Å²) in [6, 6.07) is 7.78. The van der Waals surface area contributed by atoms with Gasteiger partial charge in [0.15, 0.2) is 9.84 Å². The smallest absolute Gasteiger partial charge is 0.341 e. The van der Waals surface area contributed by atoms with Crippen LogP contribution in [0.5, 0.6) is 0 Å². The molecular formula is C23H24N2O5S2. The van der Waals surface area contributed by atoms with Gasteiger partial charge >= 0.3 is 5.97 Å². The van der Waals surface area contributed by atoms with Crippen molar-refractivity contribution in [3.05, 3.63) is 57.1 Å². The molecule has 9 heteroatoms. The number of fused-ring (bicyclic) bond motifs is 2. The molecule has 0 fully saturated rings. The van der Waals surface area contributed by atoms with Crippen LogP contribution < -0.4 is 5.32 Å². The van der Waals surface area contributed by atoms with Crippen LogP contribution in [0.25, 0.3) is 10.9 Å². The fraction of sp³-hybridized carbons (Fsp3) is 0.348. The number of sulfone groups is 1. The van der Waals surface area contributed by atoms with E-state index in [0.29, 0.717) is 15.4 Å². The van der Waals surface area contributed by atoms with Gasteiger partial charge in [-0.3, -0.25) is 9.78 Å². The number of thiophene rings is 1. The van der Waals surface area contributed by atoms with Crippen LogP contribution in [0.3, 0.4) is 0 Å². The Bertz CT molecular complexity index is 1340. The van der Waals surface area contributed by atoms with Crippen molar-refractivity contribution in [3.8, 4) is 0 Å². The molecule has 1 aromatic carbocycles. The number of carbonyl (C=O) groups is 2. The second-order valence-corrected chi connectivity index (χ2v) is 11.1. The summed E-state index contributed by atoms with van der Waals surface area (Å²) in [5.74, 6) is -0.973. The van der Waals surface area contributed by atoms with Gasteiger partial charge in [0.1, 0.15) is 5.00 Å². The Morgan fingerprint density at radius 3 is 2.72 bits per heavy atom. The van der Waals surface area contributed by atoms with Gasteiger partial charge in [0.05, 0.1) is 35.6 Å². The number of benzene rings is 1. The Kier molecular flexibility index (Phi) is 6.05. The molecule has 0 bridgehead atoms. The largest absolute Gasteiger partial charge is 0.462 e. The number of esters is 1. The molecule has 2 aromatic heterocycles. The van der Waals surface area contributed by atoms with Crippen molar-refractivity contribution in [3.63, 3.8) is 0 Å². The maximum atomic E-state index is 13.0. The zero-order valence-electron chi connectivity index (χ0n) is 18.1. The first-order valence-corrected chi connectivity index (χ1v) is 13.0. The van der Waals surface area contributed by atoms with Gasteiger partial charge in [-0.25, -0.2) is 13.2 Å². The van der Waals surface area contributed by atoms with Crippen molar-refractivity contribution in [2.45, 2.75) is 39.4 Å². The lowest BCUT2D eigenvalue weighted by Crippen LogP contribution is -2.20. The molecule has 0 aliphatic carbocycles. The average Bonchev–Trinajstić information content (AvgIpc) is 3.06. The molecule has 32 heavy (non-hydrogen) atoms. The summed E-state index contributed by atoms with van der Waals surface area (Å²) in [5.41, 5.74) is 4.42. The van der Waals surface area contributed by atoms with Crippen molar-refractivity contribution in [1.29, 1.82) is 0 Å². The van der Waals surface area contributed by atoms with Gasteiger partial charge in [-0.05, 0) is 49.9 Å². The Labute approximate surface area is 190 Å². The molecule has 1 N–H and O–H groups in total. The molecule has 7 nitrogen and oxygen atoms in total. The third-order valence-corrected chi connectivity index (χ3v) is 8.55. The van der Waals surface area contributed by atoms with E-state index in [1.54, 1.807) is 6.92 Å². The number of hydrogen-bond donors (Lipinski definition) is 1. The van der Waals surface area contributed by atoms with Gasteiger partial charge in [-0.2, -0.15) is 0 Å². The summed E-state index contributed by atoms with van der Waals surface area (Å²) >= 11 is 1.14. The number of rotatable bonds is 5. The molecule has 0 radical (unpaired) electrons. The van der Waals surface area contributed by atoms with E-state index in [1.165, 1.54) is 0 Å².